The van der Waals surface area contributed by atoms with Crippen molar-refractivity contribution < 1.29 is 4.79 Å². The van der Waals surface area contributed by atoms with Crippen molar-refractivity contribution in [3.8, 4) is 0 Å². The highest BCUT2D eigenvalue weighted by Crippen LogP contribution is 2.33. The van der Waals surface area contributed by atoms with Crippen LogP contribution in [-0.4, -0.2) is 12.5 Å². The number of hydrogen-bond donors (Lipinski definition) is 2. The Morgan fingerprint density at radius 1 is 1.14 bits per heavy atom. The Morgan fingerprint density at radius 2 is 1.90 bits per heavy atom. The SMILES string of the molecule is CCNC(=O)c1ccc(NC2CCc3ccccc32)cc1. The number of amides is 1. The number of benzene rings is 2. The smallest absolute Gasteiger partial charge is 0.251 e. The standard InChI is InChI=1S/C18H20N2O/c1-2-19-18(21)14-7-10-15(11-8-14)20-17-12-9-13-5-3-4-6-16(13)17/h3-8,10-11,17,20H,2,9,12H2,1H3,(H,19,21). The maximum absolute atomic E-state index is 11.7. The molecule has 2 aromatic rings. The maximum atomic E-state index is 11.7. The molecule has 3 rings (SSSR count). The van der Waals surface area contributed by atoms with Gasteiger partial charge in [-0.2, -0.15) is 0 Å². The van der Waals surface area contributed by atoms with Crippen LogP contribution in [0.3, 0.4) is 0 Å². The van der Waals surface area contributed by atoms with Gasteiger partial charge in [-0.3, -0.25) is 4.79 Å². The molecule has 3 heteroatoms. The van der Waals surface area contributed by atoms with E-state index in [1.807, 2.05) is 31.2 Å². The molecule has 1 atom stereocenters. The van der Waals surface area contributed by atoms with E-state index in [4.69, 9.17) is 0 Å². The third kappa shape index (κ3) is 2.92. The zero-order valence-corrected chi connectivity index (χ0v) is 12.2. The number of hydrogen-bond acceptors (Lipinski definition) is 2. The van der Waals surface area contributed by atoms with Crippen molar-refractivity contribution in [1.82, 2.24) is 5.32 Å². The van der Waals surface area contributed by atoms with Crippen LogP contribution in [0.25, 0.3) is 0 Å². The number of carbonyl (C=O) groups excluding carboxylic acids is 1. The van der Waals surface area contributed by atoms with Crippen LogP contribution in [0.1, 0.15) is 40.9 Å². The van der Waals surface area contributed by atoms with Crippen LogP contribution in [0.5, 0.6) is 0 Å². The lowest BCUT2D eigenvalue weighted by Crippen LogP contribution is -2.22. The molecule has 1 unspecified atom stereocenters. The molecule has 0 saturated heterocycles. The minimum absolute atomic E-state index is 0.0183. The zero-order chi connectivity index (χ0) is 14.7. The molecule has 108 valence electrons. The van der Waals surface area contributed by atoms with Crippen molar-refractivity contribution in [2.24, 2.45) is 0 Å². The highest BCUT2D eigenvalue weighted by molar-refractivity contribution is 5.94. The summed E-state index contributed by atoms with van der Waals surface area (Å²) >= 11 is 0. The lowest BCUT2D eigenvalue weighted by Gasteiger charge is -2.15. The van der Waals surface area contributed by atoms with Gasteiger partial charge in [-0.25, -0.2) is 0 Å². The van der Waals surface area contributed by atoms with Crippen molar-refractivity contribution >= 4 is 11.6 Å². The topological polar surface area (TPSA) is 41.1 Å². The summed E-state index contributed by atoms with van der Waals surface area (Å²) in [5.74, 6) is -0.0183. The molecule has 0 spiro atoms. The van der Waals surface area contributed by atoms with Crippen LogP contribution in [0.4, 0.5) is 5.69 Å². The molecule has 21 heavy (non-hydrogen) atoms. The molecule has 0 bridgehead atoms. The highest BCUT2D eigenvalue weighted by atomic mass is 16.1. The Hall–Kier alpha value is -2.29. The second kappa shape index (κ2) is 6.00. The summed E-state index contributed by atoms with van der Waals surface area (Å²) < 4.78 is 0. The molecule has 0 fully saturated rings. The first-order valence-electron chi connectivity index (χ1n) is 7.50. The molecule has 1 amide bonds. The lowest BCUT2D eigenvalue weighted by atomic mass is 10.1. The predicted octanol–water partition coefficient (Wildman–Crippen LogP) is 3.54. The molecular weight excluding hydrogens is 260 g/mol. The van der Waals surface area contributed by atoms with Gasteiger partial charge in [-0.1, -0.05) is 24.3 Å². The van der Waals surface area contributed by atoms with E-state index in [0.717, 1.165) is 18.5 Å². The maximum Gasteiger partial charge on any atom is 0.251 e. The molecule has 1 aliphatic carbocycles. The van der Waals surface area contributed by atoms with Crippen molar-refractivity contribution in [3.63, 3.8) is 0 Å². The van der Waals surface area contributed by atoms with Crippen molar-refractivity contribution in [2.45, 2.75) is 25.8 Å². The van der Waals surface area contributed by atoms with E-state index < -0.39 is 0 Å². The quantitative estimate of drug-likeness (QED) is 0.899. The molecular formula is C18H20N2O. The third-order valence-electron chi connectivity index (χ3n) is 3.96. The van der Waals surface area contributed by atoms with E-state index in [-0.39, 0.29) is 5.91 Å². The summed E-state index contributed by atoms with van der Waals surface area (Å²) in [4.78, 5) is 11.7. The van der Waals surface area contributed by atoms with Gasteiger partial charge >= 0.3 is 0 Å². The van der Waals surface area contributed by atoms with E-state index in [0.29, 0.717) is 18.2 Å². The molecule has 0 aromatic heterocycles. The summed E-state index contributed by atoms with van der Waals surface area (Å²) in [6, 6.07) is 16.7. The first-order chi connectivity index (χ1) is 10.3. The minimum Gasteiger partial charge on any atom is -0.378 e. The molecule has 0 heterocycles. The van der Waals surface area contributed by atoms with Gasteiger partial charge in [0.25, 0.3) is 5.91 Å². The van der Waals surface area contributed by atoms with Crippen LogP contribution in [0.15, 0.2) is 48.5 Å². The van der Waals surface area contributed by atoms with Crippen LogP contribution >= 0.6 is 0 Å². The zero-order valence-electron chi connectivity index (χ0n) is 12.2. The summed E-state index contributed by atoms with van der Waals surface area (Å²) in [6.07, 6.45) is 2.25. The van der Waals surface area contributed by atoms with Crippen LogP contribution < -0.4 is 10.6 Å². The largest absolute Gasteiger partial charge is 0.378 e. The van der Waals surface area contributed by atoms with E-state index in [1.54, 1.807) is 0 Å². The van der Waals surface area contributed by atoms with Gasteiger partial charge in [0.1, 0.15) is 0 Å². The van der Waals surface area contributed by atoms with E-state index >= 15 is 0 Å². The first-order valence-corrected chi connectivity index (χ1v) is 7.50. The molecule has 0 saturated carbocycles. The van der Waals surface area contributed by atoms with Crippen LogP contribution in [0, 0.1) is 0 Å². The Morgan fingerprint density at radius 3 is 2.67 bits per heavy atom. The van der Waals surface area contributed by atoms with Crippen molar-refractivity contribution in [2.75, 3.05) is 11.9 Å². The number of nitrogens with one attached hydrogen (secondary N) is 2. The Bertz CT molecular complexity index is 634. The van der Waals surface area contributed by atoms with Gasteiger partial charge in [-0.15, -0.1) is 0 Å². The molecule has 0 radical (unpaired) electrons. The molecule has 3 nitrogen and oxygen atoms in total. The van der Waals surface area contributed by atoms with Crippen LogP contribution in [-0.2, 0) is 6.42 Å². The van der Waals surface area contributed by atoms with E-state index in [2.05, 4.69) is 34.9 Å². The average molecular weight is 280 g/mol. The Balaban J connectivity index is 1.71. The number of carbonyl (C=O) groups is 1. The number of anilines is 1. The summed E-state index contributed by atoms with van der Waals surface area (Å²) in [5.41, 5.74) is 4.60. The summed E-state index contributed by atoms with van der Waals surface area (Å²) in [7, 11) is 0. The fourth-order valence-corrected chi connectivity index (χ4v) is 2.89. The minimum atomic E-state index is -0.0183. The molecule has 0 aliphatic heterocycles. The fourth-order valence-electron chi connectivity index (χ4n) is 2.89. The number of rotatable bonds is 4. The molecule has 1 aliphatic rings. The highest BCUT2D eigenvalue weighted by Gasteiger charge is 2.21. The van der Waals surface area contributed by atoms with E-state index in [1.165, 1.54) is 11.1 Å². The predicted molar refractivity (Wildman–Crippen MR) is 85.6 cm³/mol. The van der Waals surface area contributed by atoms with Gasteiger partial charge in [0.05, 0.1) is 6.04 Å². The van der Waals surface area contributed by atoms with Crippen molar-refractivity contribution in [3.05, 3.63) is 65.2 Å². The van der Waals surface area contributed by atoms with Crippen molar-refractivity contribution in [1.29, 1.82) is 0 Å². The summed E-state index contributed by atoms with van der Waals surface area (Å²) in [6.45, 7) is 2.57. The normalized spacial score (nSPS) is 16.3. The monoisotopic (exact) mass is 280 g/mol. The fraction of sp³-hybridized carbons (Fsp3) is 0.278. The molecule has 2 N–H and O–H groups in total. The Labute approximate surface area is 125 Å². The average Bonchev–Trinajstić information content (AvgIpc) is 2.92. The van der Waals surface area contributed by atoms with Gasteiger partial charge in [0, 0.05) is 17.8 Å². The Kier molecular flexibility index (Phi) is 3.91. The number of fused-ring (bicyclic) bond motifs is 1. The third-order valence-corrected chi connectivity index (χ3v) is 3.96. The van der Waals surface area contributed by atoms with E-state index in [9.17, 15) is 4.79 Å². The second-order valence-corrected chi connectivity index (χ2v) is 5.37. The lowest BCUT2D eigenvalue weighted by molar-refractivity contribution is 0.0956. The van der Waals surface area contributed by atoms with Gasteiger partial charge in [-0.05, 0) is 55.2 Å². The molecule has 2 aromatic carbocycles. The number of aryl methyl sites for hydroxylation is 1. The van der Waals surface area contributed by atoms with Gasteiger partial charge < -0.3 is 10.6 Å². The summed E-state index contributed by atoms with van der Waals surface area (Å²) in [5, 5.41) is 6.37. The first kappa shape index (κ1) is 13.7. The van der Waals surface area contributed by atoms with Crippen LogP contribution in [0.2, 0.25) is 0 Å². The van der Waals surface area contributed by atoms with Gasteiger partial charge in [0.2, 0.25) is 0 Å². The van der Waals surface area contributed by atoms with Gasteiger partial charge in [0.15, 0.2) is 0 Å². The second-order valence-electron chi connectivity index (χ2n) is 5.37.